The molecule has 0 aromatic carbocycles. The normalized spacial score (nSPS) is 19.6. The summed E-state index contributed by atoms with van der Waals surface area (Å²) < 4.78 is 8.25. The van der Waals surface area contributed by atoms with Crippen molar-refractivity contribution in [1.82, 2.24) is 24.3 Å². The molecule has 2 heterocycles. The van der Waals surface area contributed by atoms with Gasteiger partial charge in [-0.3, -0.25) is 4.79 Å². The molecule has 0 saturated heterocycles. The quantitative estimate of drug-likeness (QED) is 0.300. The van der Waals surface area contributed by atoms with Crippen LogP contribution in [0.4, 0.5) is 0 Å². The first-order chi connectivity index (χ1) is 16.9. The Labute approximate surface area is 211 Å². The summed E-state index contributed by atoms with van der Waals surface area (Å²) in [4.78, 5) is 25.9. The molecule has 0 radical (unpaired) electrons. The first-order valence-corrected chi connectivity index (χ1v) is 13.4. The van der Waals surface area contributed by atoms with Gasteiger partial charge in [-0.25, -0.2) is 9.97 Å². The molecule has 0 spiro atoms. The summed E-state index contributed by atoms with van der Waals surface area (Å²) in [6.45, 7) is 11.1. The van der Waals surface area contributed by atoms with Crippen molar-refractivity contribution >= 4 is 16.9 Å². The molecule has 0 N–H and O–H groups in total. The Bertz CT molecular complexity index is 954. The van der Waals surface area contributed by atoms with Crippen molar-refractivity contribution < 1.29 is 9.53 Å². The summed E-state index contributed by atoms with van der Waals surface area (Å²) in [6, 6.07) is 1.98. The van der Waals surface area contributed by atoms with Gasteiger partial charge in [-0.15, -0.1) is 0 Å². The summed E-state index contributed by atoms with van der Waals surface area (Å²) in [5.74, 6) is 1.84. The molecule has 3 rings (SSSR count). The fraction of sp³-hybridized carbons (Fsp3) is 0.679. The van der Waals surface area contributed by atoms with Crippen LogP contribution in [0.5, 0.6) is 0 Å². The van der Waals surface area contributed by atoms with Crippen molar-refractivity contribution in [3.05, 3.63) is 36.4 Å². The minimum atomic E-state index is 0.0577. The molecular weight excluding hydrogens is 438 g/mol. The van der Waals surface area contributed by atoms with Crippen molar-refractivity contribution in [3.8, 4) is 0 Å². The number of hydrogen-bond acceptors (Lipinski definition) is 5. The zero-order valence-electron chi connectivity index (χ0n) is 22.4. The summed E-state index contributed by atoms with van der Waals surface area (Å²) >= 11 is 0. The van der Waals surface area contributed by atoms with Gasteiger partial charge in [0.25, 0.3) is 0 Å². The maximum Gasteiger partial charge on any atom is 0.242 e. The molecule has 35 heavy (non-hydrogen) atoms. The number of rotatable bonds is 13. The van der Waals surface area contributed by atoms with Crippen LogP contribution in [0, 0.1) is 5.92 Å². The van der Waals surface area contributed by atoms with Crippen molar-refractivity contribution in [2.24, 2.45) is 5.92 Å². The summed E-state index contributed by atoms with van der Waals surface area (Å²) in [5, 5.41) is 0.976. The van der Waals surface area contributed by atoms with E-state index >= 15 is 0 Å². The van der Waals surface area contributed by atoms with Gasteiger partial charge in [0, 0.05) is 57.5 Å². The van der Waals surface area contributed by atoms with Crippen LogP contribution in [0.2, 0.25) is 0 Å². The standard InChI is InChI=1S/C28H45N5O2/c1-6-8-11-22(3)20-32(7-2)15-10-17-35-25-13-9-12-23(18-25)27-29-19-24-14-16-33(28(24)30-27)21-26(34)31(4)5/h8,11,14,16,19,22-23,25H,6-7,9-10,12-13,15,17-18,20-21H2,1-5H3/b11-8-. The fourth-order valence-electron chi connectivity index (χ4n) is 4.88. The van der Waals surface area contributed by atoms with Gasteiger partial charge in [-0.2, -0.15) is 0 Å². The van der Waals surface area contributed by atoms with Gasteiger partial charge >= 0.3 is 0 Å². The summed E-state index contributed by atoms with van der Waals surface area (Å²) in [7, 11) is 3.56. The minimum absolute atomic E-state index is 0.0577. The van der Waals surface area contributed by atoms with Gasteiger partial charge < -0.3 is 19.1 Å². The maximum absolute atomic E-state index is 12.2. The predicted octanol–water partition coefficient (Wildman–Crippen LogP) is 4.88. The highest BCUT2D eigenvalue weighted by Gasteiger charge is 2.26. The Kier molecular flexibility index (Phi) is 10.7. The molecular formula is C28H45N5O2. The van der Waals surface area contributed by atoms with Crippen LogP contribution in [0.25, 0.3) is 11.0 Å². The van der Waals surface area contributed by atoms with Crippen LogP contribution < -0.4 is 0 Å². The topological polar surface area (TPSA) is 63.5 Å². The van der Waals surface area contributed by atoms with Gasteiger partial charge in [0.05, 0.1) is 6.10 Å². The number of carbonyl (C=O) groups excluding carboxylic acids is 1. The van der Waals surface area contributed by atoms with E-state index in [0.717, 1.165) is 81.6 Å². The Morgan fingerprint density at radius 2 is 2.14 bits per heavy atom. The van der Waals surface area contributed by atoms with E-state index in [4.69, 9.17) is 9.72 Å². The zero-order chi connectivity index (χ0) is 25.2. The number of fused-ring (bicyclic) bond motifs is 1. The smallest absolute Gasteiger partial charge is 0.242 e. The van der Waals surface area contributed by atoms with Crippen LogP contribution >= 0.6 is 0 Å². The van der Waals surface area contributed by atoms with Crippen LogP contribution in [-0.2, 0) is 16.1 Å². The van der Waals surface area contributed by atoms with Crippen molar-refractivity contribution in [2.45, 2.75) is 77.9 Å². The molecule has 0 bridgehead atoms. The van der Waals surface area contributed by atoms with Gasteiger partial charge in [0.15, 0.2) is 0 Å². The third-order valence-electron chi connectivity index (χ3n) is 6.98. The van der Waals surface area contributed by atoms with Crippen LogP contribution in [-0.4, -0.2) is 76.7 Å². The highest BCUT2D eigenvalue weighted by Crippen LogP contribution is 2.33. The van der Waals surface area contributed by atoms with E-state index in [9.17, 15) is 4.79 Å². The van der Waals surface area contributed by atoms with Crippen molar-refractivity contribution in [3.63, 3.8) is 0 Å². The van der Waals surface area contributed by atoms with Crippen LogP contribution in [0.3, 0.4) is 0 Å². The van der Waals surface area contributed by atoms with Gasteiger partial charge in [-0.05, 0) is 50.6 Å². The molecule has 3 unspecified atom stereocenters. The van der Waals surface area contributed by atoms with E-state index in [1.54, 1.807) is 19.0 Å². The van der Waals surface area contributed by atoms with E-state index in [2.05, 4.69) is 42.8 Å². The lowest BCUT2D eigenvalue weighted by Gasteiger charge is -2.29. The maximum atomic E-state index is 12.2. The van der Waals surface area contributed by atoms with Crippen molar-refractivity contribution in [1.29, 1.82) is 0 Å². The number of likely N-dealkylation sites (N-methyl/N-ethyl adjacent to an activating group) is 1. The molecule has 2 aromatic heterocycles. The molecule has 0 aliphatic heterocycles. The second-order valence-electron chi connectivity index (χ2n) is 10.2. The number of carbonyl (C=O) groups is 1. The number of aromatic nitrogens is 3. The second-order valence-corrected chi connectivity index (χ2v) is 10.2. The van der Waals surface area contributed by atoms with E-state index in [-0.39, 0.29) is 12.0 Å². The lowest BCUT2D eigenvalue weighted by molar-refractivity contribution is -0.129. The Morgan fingerprint density at radius 3 is 2.89 bits per heavy atom. The molecule has 7 nitrogen and oxygen atoms in total. The van der Waals surface area contributed by atoms with Crippen LogP contribution in [0.15, 0.2) is 30.6 Å². The minimum Gasteiger partial charge on any atom is -0.378 e. The first kappa shape index (κ1) is 27.3. The molecule has 1 aliphatic rings. The molecule has 1 amide bonds. The Hall–Kier alpha value is -2.25. The number of ether oxygens (including phenoxy) is 1. The highest BCUT2D eigenvalue weighted by atomic mass is 16.5. The molecule has 194 valence electrons. The highest BCUT2D eigenvalue weighted by molar-refractivity contribution is 5.80. The van der Waals surface area contributed by atoms with Crippen molar-refractivity contribution in [2.75, 3.05) is 40.3 Å². The number of allylic oxidation sites excluding steroid dienone is 1. The predicted molar refractivity (Wildman–Crippen MR) is 142 cm³/mol. The number of hydrogen-bond donors (Lipinski definition) is 0. The number of amides is 1. The van der Waals surface area contributed by atoms with E-state index in [1.165, 1.54) is 0 Å². The first-order valence-electron chi connectivity index (χ1n) is 13.4. The van der Waals surface area contributed by atoms with Gasteiger partial charge in [0.2, 0.25) is 5.91 Å². The average molecular weight is 484 g/mol. The monoisotopic (exact) mass is 483 g/mol. The fourth-order valence-corrected chi connectivity index (χ4v) is 4.88. The molecule has 7 heteroatoms. The third kappa shape index (κ3) is 8.14. The molecule has 3 atom stereocenters. The average Bonchev–Trinajstić information content (AvgIpc) is 3.26. The number of nitrogens with zero attached hydrogens (tertiary/aromatic N) is 5. The SMILES string of the molecule is CC/C=C\C(C)CN(CC)CCCOC1CCCC(c2ncc3ccn(CC(=O)N(C)C)c3n2)C1. The molecule has 1 saturated carbocycles. The van der Waals surface area contributed by atoms with Crippen LogP contribution in [0.1, 0.15) is 71.0 Å². The lowest BCUT2D eigenvalue weighted by Crippen LogP contribution is -2.30. The Morgan fingerprint density at radius 1 is 1.31 bits per heavy atom. The van der Waals surface area contributed by atoms with E-state index < -0.39 is 0 Å². The van der Waals surface area contributed by atoms with E-state index in [1.807, 2.05) is 23.0 Å². The van der Waals surface area contributed by atoms with Gasteiger partial charge in [0.1, 0.15) is 18.0 Å². The largest absolute Gasteiger partial charge is 0.378 e. The Balaban J connectivity index is 1.50. The molecule has 1 fully saturated rings. The summed E-state index contributed by atoms with van der Waals surface area (Å²) in [6.07, 6.45) is 15.2. The zero-order valence-corrected chi connectivity index (χ0v) is 22.4. The van der Waals surface area contributed by atoms with E-state index in [0.29, 0.717) is 18.4 Å². The summed E-state index contributed by atoms with van der Waals surface area (Å²) in [5.41, 5.74) is 0.843. The molecule has 2 aromatic rings. The molecule has 1 aliphatic carbocycles. The lowest BCUT2D eigenvalue weighted by atomic mass is 9.86. The third-order valence-corrected chi connectivity index (χ3v) is 6.98. The van der Waals surface area contributed by atoms with Gasteiger partial charge in [-0.1, -0.05) is 39.3 Å². The second kappa shape index (κ2) is 13.7.